The van der Waals surface area contributed by atoms with Crippen LogP contribution in [0.3, 0.4) is 0 Å². The number of aromatic amines is 1. The van der Waals surface area contributed by atoms with E-state index in [9.17, 15) is 19.5 Å². The molecule has 9 heteroatoms. The van der Waals surface area contributed by atoms with E-state index in [0.717, 1.165) is 22.3 Å². The number of ether oxygens (including phenoxy) is 1. The molecule has 0 spiro atoms. The maximum absolute atomic E-state index is 13.3. The smallest absolute Gasteiger partial charge is 0.407 e. The quantitative estimate of drug-likeness (QED) is 0.484. The van der Waals surface area contributed by atoms with Gasteiger partial charge in [0, 0.05) is 30.8 Å². The molecule has 1 aliphatic carbocycles. The number of amides is 2. The predicted molar refractivity (Wildman–Crippen MR) is 127 cm³/mol. The third-order valence-electron chi connectivity index (χ3n) is 6.73. The van der Waals surface area contributed by atoms with Crippen LogP contribution in [-0.4, -0.2) is 63.2 Å². The van der Waals surface area contributed by atoms with Crippen LogP contribution in [-0.2, 0) is 20.7 Å². The lowest BCUT2D eigenvalue weighted by Gasteiger charge is -2.27. The summed E-state index contributed by atoms with van der Waals surface area (Å²) in [5.41, 5.74) is 5.07. The van der Waals surface area contributed by atoms with E-state index in [2.05, 4.69) is 27.4 Å². The second kappa shape index (κ2) is 9.61. The number of hydrogen-bond acceptors (Lipinski definition) is 5. The van der Waals surface area contributed by atoms with Gasteiger partial charge in [0.15, 0.2) is 0 Å². The average Bonchev–Trinajstić information content (AvgIpc) is 3.61. The molecule has 2 atom stereocenters. The second-order valence-corrected chi connectivity index (χ2v) is 8.83. The van der Waals surface area contributed by atoms with E-state index in [-0.39, 0.29) is 18.9 Å². The zero-order valence-corrected chi connectivity index (χ0v) is 19.0. The number of rotatable bonds is 7. The molecule has 9 nitrogen and oxygen atoms in total. The number of aromatic nitrogens is 2. The third-order valence-corrected chi connectivity index (χ3v) is 6.73. The maximum atomic E-state index is 13.3. The van der Waals surface area contributed by atoms with Gasteiger partial charge in [-0.3, -0.25) is 4.79 Å². The van der Waals surface area contributed by atoms with Gasteiger partial charge in [-0.25, -0.2) is 14.6 Å². The lowest BCUT2D eigenvalue weighted by molar-refractivity contribution is -0.149. The van der Waals surface area contributed by atoms with Gasteiger partial charge in [-0.05, 0) is 35.1 Å². The van der Waals surface area contributed by atoms with E-state index in [1.807, 2.05) is 36.4 Å². The van der Waals surface area contributed by atoms with Gasteiger partial charge in [-0.2, -0.15) is 0 Å². The molecule has 0 radical (unpaired) electrons. The number of fused-ring (bicyclic) bond motifs is 3. The monoisotopic (exact) mass is 474 g/mol. The molecular weight excluding hydrogens is 448 g/mol. The van der Waals surface area contributed by atoms with Crippen molar-refractivity contribution < 1.29 is 24.2 Å². The van der Waals surface area contributed by atoms with Crippen molar-refractivity contribution in [1.82, 2.24) is 20.2 Å². The van der Waals surface area contributed by atoms with Crippen LogP contribution in [0.4, 0.5) is 4.79 Å². The average molecular weight is 475 g/mol. The van der Waals surface area contributed by atoms with Gasteiger partial charge < -0.3 is 25.0 Å². The Hall–Kier alpha value is -4.14. The largest absolute Gasteiger partial charge is 0.480 e. The van der Waals surface area contributed by atoms with Gasteiger partial charge in [0.2, 0.25) is 5.91 Å². The Kier molecular flexibility index (Phi) is 6.22. The number of imidazole rings is 1. The number of nitrogens with zero attached hydrogens (tertiary/aromatic N) is 2. The van der Waals surface area contributed by atoms with Crippen LogP contribution in [0.2, 0.25) is 0 Å². The van der Waals surface area contributed by atoms with Crippen LogP contribution in [0.5, 0.6) is 0 Å². The fourth-order valence-corrected chi connectivity index (χ4v) is 5.09. The summed E-state index contributed by atoms with van der Waals surface area (Å²) >= 11 is 0. The Morgan fingerprint density at radius 1 is 1.11 bits per heavy atom. The number of carboxylic acids is 1. The lowest BCUT2D eigenvalue weighted by atomic mass is 9.98. The van der Waals surface area contributed by atoms with Crippen LogP contribution >= 0.6 is 0 Å². The van der Waals surface area contributed by atoms with Gasteiger partial charge >= 0.3 is 12.1 Å². The van der Waals surface area contributed by atoms with Gasteiger partial charge in [0.05, 0.1) is 6.33 Å². The zero-order valence-electron chi connectivity index (χ0n) is 19.0. The van der Waals surface area contributed by atoms with Crippen molar-refractivity contribution in [2.24, 2.45) is 0 Å². The number of carboxylic acid groups (broad SMARTS) is 1. The molecular formula is C26H26N4O5. The summed E-state index contributed by atoms with van der Waals surface area (Å²) in [5, 5.41) is 12.2. The minimum Gasteiger partial charge on any atom is -0.480 e. The van der Waals surface area contributed by atoms with Crippen molar-refractivity contribution in [3.63, 3.8) is 0 Å². The number of carbonyl (C=O) groups excluding carboxylic acids is 2. The highest BCUT2D eigenvalue weighted by atomic mass is 16.5. The van der Waals surface area contributed by atoms with Crippen LogP contribution in [0.1, 0.15) is 35.6 Å². The van der Waals surface area contributed by atoms with Crippen molar-refractivity contribution in [3.05, 3.63) is 77.9 Å². The summed E-state index contributed by atoms with van der Waals surface area (Å²) in [5.74, 6) is -1.60. The molecule has 3 aromatic rings. The molecule has 35 heavy (non-hydrogen) atoms. The van der Waals surface area contributed by atoms with Crippen molar-refractivity contribution in [2.75, 3.05) is 13.2 Å². The third kappa shape index (κ3) is 4.49. The number of benzene rings is 2. The molecule has 1 saturated heterocycles. The van der Waals surface area contributed by atoms with Gasteiger partial charge in [-0.15, -0.1) is 0 Å². The molecule has 0 saturated carbocycles. The summed E-state index contributed by atoms with van der Waals surface area (Å²) in [4.78, 5) is 45.9. The minimum atomic E-state index is -1.04. The van der Waals surface area contributed by atoms with Crippen LogP contribution < -0.4 is 5.32 Å². The normalized spacial score (nSPS) is 17.5. The number of aliphatic carboxylic acids is 1. The molecule has 2 aromatic carbocycles. The van der Waals surface area contributed by atoms with Crippen molar-refractivity contribution in [2.45, 2.75) is 37.3 Å². The van der Waals surface area contributed by atoms with E-state index in [1.54, 1.807) is 6.20 Å². The molecule has 180 valence electrons. The number of alkyl carbamates (subject to hydrolysis) is 1. The van der Waals surface area contributed by atoms with Crippen LogP contribution in [0.25, 0.3) is 11.1 Å². The highest BCUT2D eigenvalue weighted by Gasteiger charge is 2.38. The summed E-state index contributed by atoms with van der Waals surface area (Å²) in [6.45, 7) is 0.452. The highest BCUT2D eigenvalue weighted by molar-refractivity contribution is 5.90. The summed E-state index contributed by atoms with van der Waals surface area (Å²) in [6.07, 6.45) is 3.47. The van der Waals surface area contributed by atoms with Gasteiger partial charge in [0.1, 0.15) is 18.7 Å². The first-order valence-electron chi connectivity index (χ1n) is 11.6. The molecule has 3 N–H and O–H groups in total. The van der Waals surface area contributed by atoms with Crippen molar-refractivity contribution in [3.8, 4) is 11.1 Å². The highest BCUT2D eigenvalue weighted by Crippen LogP contribution is 2.44. The Labute approximate surface area is 202 Å². The molecule has 2 amide bonds. The Balaban J connectivity index is 1.30. The molecule has 1 aromatic heterocycles. The van der Waals surface area contributed by atoms with Crippen molar-refractivity contribution >= 4 is 18.0 Å². The fourth-order valence-electron chi connectivity index (χ4n) is 5.09. The SMILES string of the molecule is O=C(NC(Cc1cnc[nH]1)C(=O)N1CCCC1C(=O)O)OCC1c2ccccc2-c2ccccc21. The predicted octanol–water partition coefficient (Wildman–Crippen LogP) is 2.94. The van der Waals surface area contributed by atoms with Crippen LogP contribution in [0.15, 0.2) is 61.1 Å². The molecule has 2 aliphatic rings. The second-order valence-electron chi connectivity index (χ2n) is 8.83. The fraction of sp³-hybridized carbons (Fsp3) is 0.308. The van der Waals surface area contributed by atoms with Crippen LogP contribution in [0, 0.1) is 0 Å². The van der Waals surface area contributed by atoms with E-state index in [4.69, 9.17) is 4.74 Å². The molecule has 1 aliphatic heterocycles. The Morgan fingerprint density at radius 3 is 2.43 bits per heavy atom. The molecule has 1 fully saturated rings. The van der Waals surface area contributed by atoms with E-state index in [0.29, 0.717) is 25.1 Å². The Morgan fingerprint density at radius 2 is 1.80 bits per heavy atom. The molecule has 0 bridgehead atoms. The summed E-state index contributed by atoms with van der Waals surface area (Å²) in [6, 6.07) is 14.2. The standard InChI is InChI=1S/C26H26N4O5/c31-24(30-11-5-10-23(30)25(32)33)22(12-16-13-27-15-28-16)29-26(34)35-14-21-19-8-3-1-6-17(19)18-7-2-4-9-20(18)21/h1-4,6-9,13,15,21-23H,5,10-12,14H2,(H,27,28)(H,29,34)(H,32,33). The number of H-pyrrole nitrogens is 1. The van der Waals surface area contributed by atoms with E-state index < -0.39 is 30.1 Å². The topological polar surface area (TPSA) is 125 Å². The van der Waals surface area contributed by atoms with Gasteiger partial charge in [-0.1, -0.05) is 48.5 Å². The lowest BCUT2D eigenvalue weighted by Crippen LogP contribution is -2.52. The first kappa shape index (κ1) is 22.6. The Bertz CT molecular complexity index is 1200. The molecule has 2 heterocycles. The van der Waals surface area contributed by atoms with Crippen molar-refractivity contribution in [1.29, 1.82) is 0 Å². The summed E-state index contributed by atoms with van der Waals surface area (Å²) in [7, 11) is 0. The molecule has 5 rings (SSSR count). The number of hydrogen-bond donors (Lipinski definition) is 3. The number of carbonyl (C=O) groups is 3. The minimum absolute atomic E-state index is 0.107. The van der Waals surface area contributed by atoms with E-state index in [1.165, 1.54) is 11.2 Å². The first-order chi connectivity index (χ1) is 17.0. The summed E-state index contributed by atoms with van der Waals surface area (Å²) < 4.78 is 5.61. The zero-order chi connectivity index (χ0) is 24.4. The molecule has 2 unspecified atom stereocenters. The van der Waals surface area contributed by atoms with Gasteiger partial charge in [0.25, 0.3) is 0 Å². The number of nitrogens with one attached hydrogen (secondary N) is 2. The first-order valence-corrected chi connectivity index (χ1v) is 11.6. The van der Waals surface area contributed by atoms with E-state index >= 15 is 0 Å². The number of likely N-dealkylation sites (tertiary alicyclic amines) is 1. The maximum Gasteiger partial charge on any atom is 0.407 e.